The van der Waals surface area contributed by atoms with Gasteiger partial charge in [-0.25, -0.2) is 0 Å². The highest BCUT2D eigenvalue weighted by atomic mass is 127. The molecule has 0 aromatic heterocycles. The van der Waals surface area contributed by atoms with Gasteiger partial charge in [-0.3, -0.25) is 4.99 Å². The molecule has 136 valence electrons. The predicted molar refractivity (Wildman–Crippen MR) is 112 cm³/mol. The van der Waals surface area contributed by atoms with Crippen LogP contribution >= 0.6 is 24.0 Å². The van der Waals surface area contributed by atoms with E-state index in [2.05, 4.69) is 48.3 Å². The molecular formula is C19H32IN3O. The monoisotopic (exact) mass is 445 g/mol. The van der Waals surface area contributed by atoms with Crippen LogP contribution in [-0.4, -0.2) is 50.8 Å². The van der Waals surface area contributed by atoms with Crippen molar-refractivity contribution in [2.24, 2.45) is 10.9 Å². The molecule has 1 aromatic carbocycles. The van der Waals surface area contributed by atoms with Crippen LogP contribution in [-0.2, 0) is 17.6 Å². The normalized spacial score (nSPS) is 17.7. The molecule has 1 N–H and O–H groups in total. The van der Waals surface area contributed by atoms with Gasteiger partial charge < -0.3 is 15.0 Å². The first kappa shape index (κ1) is 21.2. The van der Waals surface area contributed by atoms with Crippen LogP contribution < -0.4 is 5.32 Å². The summed E-state index contributed by atoms with van der Waals surface area (Å²) in [6.45, 7) is 9.03. The van der Waals surface area contributed by atoms with Crippen molar-refractivity contribution in [2.45, 2.75) is 33.1 Å². The van der Waals surface area contributed by atoms with E-state index in [1.54, 1.807) is 7.11 Å². The summed E-state index contributed by atoms with van der Waals surface area (Å²) in [6, 6.07) is 8.90. The van der Waals surface area contributed by atoms with E-state index in [1.165, 1.54) is 17.5 Å². The zero-order chi connectivity index (χ0) is 16.5. The van der Waals surface area contributed by atoms with Crippen molar-refractivity contribution in [3.63, 3.8) is 0 Å². The second-order valence-corrected chi connectivity index (χ2v) is 6.21. The molecule has 0 saturated carbocycles. The van der Waals surface area contributed by atoms with Gasteiger partial charge in [0.25, 0.3) is 0 Å². The molecule has 0 radical (unpaired) electrons. The van der Waals surface area contributed by atoms with Gasteiger partial charge in [0, 0.05) is 39.2 Å². The second-order valence-electron chi connectivity index (χ2n) is 6.21. The van der Waals surface area contributed by atoms with E-state index in [0.717, 1.165) is 51.6 Å². The first-order valence-corrected chi connectivity index (χ1v) is 8.86. The van der Waals surface area contributed by atoms with Crippen LogP contribution in [0.4, 0.5) is 0 Å². The van der Waals surface area contributed by atoms with E-state index in [0.29, 0.717) is 5.92 Å². The average Bonchev–Trinajstić information content (AvgIpc) is 3.03. The van der Waals surface area contributed by atoms with Gasteiger partial charge in [-0.15, -0.1) is 24.0 Å². The number of hydrogen-bond acceptors (Lipinski definition) is 2. The van der Waals surface area contributed by atoms with Crippen molar-refractivity contribution < 1.29 is 4.74 Å². The molecule has 24 heavy (non-hydrogen) atoms. The number of methoxy groups -OCH3 is 1. The first-order valence-electron chi connectivity index (χ1n) is 8.86. The summed E-state index contributed by atoms with van der Waals surface area (Å²) in [7, 11) is 1.78. The van der Waals surface area contributed by atoms with Gasteiger partial charge in [0.05, 0.1) is 6.61 Å². The zero-order valence-corrected chi connectivity index (χ0v) is 17.6. The quantitative estimate of drug-likeness (QED) is 0.398. The van der Waals surface area contributed by atoms with Crippen molar-refractivity contribution >= 4 is 29.9 Å². The van der Waals surface area contributed by atoms with Gasteiger partial charge in [0.15, 0.2) is 5.96 Å². The number of aryl methyl sites for hydroxylation is 1. The van der Waals surface area contributed by atoms with Crippen molar-refractivity contribution in [3.05, 3.63) is 35.4 Å². The van der Waals surface area contributed by atoms with Crippen LogP contribution in [0, 0.1) is 5.92 Å². The molecule has 4 nitrogen and oxygen atoms in total. The molecule has 1 heterocycles. The van der Waals surface area contributed by atoms with Gasteiger partial charge in [-0.1, -0.05) is 31.2 Å². The molecule has 1 atom stereocenters. The molecule has 2 rings (SSSR count). The zero-order valence-electron chi connectivity index (χ0n) is 15.3. The molecule has 5 heteroatoms. The number of halogens is 1. The molecule has 1 fully saturated rings. The number of benzene rings is 1. The molecule has 0 spiro atoms. The topological polar surface area (TPSA) is 36.9 Å². The maximum Gasteiger partial charge on any atom is 0.193 e. The van der Waals surface area contributed by atoms with E-state index in [9.17, 15) is 0 Å². The average molecular weight is 445 g/mol. The van der Waals surface area contributed by atoms with E-state index in [4.69, 9.17) is 9.73 Å². The Morgan fingerprint density at radius 3 is 2.58 bits per heavy atom. The van der Waals surface area contributed by atoms with E-state index < -0.39 is 0 Å². The summed E-state index contributed by atoms with van der Waals surface area (Å²) in [5.74, 6) is 1.68. The number of aliphatic imine (C=N–C) groups is 1. The van der Waals surface area contributed by atoms with Gasteiger partial charge in [0.1, 0.15) is 0 Å². The molecule has 0 amide bonds. The van der Waals surface area contributed by atoms with E-state index in [-0.39, 0.29) is 24.0 Å². The summed E-state index contributed by atoms with van der Waals surface area (Å²) in [5, 5.41) is 3.43. The number of ether oxygens (including phenoxy) is 1. The van der Waals surface area contributed by atoms with Crippen LogP contribution in [0.5, 0.6) is 0 Å². The van der Waals surface area contributed by atoms with Crippen LogP contribution in [0.2, 0.25) is 0 Å². The highest BCUT2D eigenvalue weighted by Crippen LogP contribution is 2.16. The van der Waals surface area contributed by atoms with Gasteiger partial charge in [0.2, 0.25) is 0 Å². The van der Waals surface area contributed by atoms with Gasteiger partial charge in [-0.05, 0) is 37.3 Å². The minimum atomic E-state index is 0. The van der Waals surface area contributed by atoms with Crippen molar-refractivity contribution in [1.82, 2.24) is 10.2 Å². The Morgan fingerprint density at radius 1 is 1.25 bits per heavy atom. The molecule has 1 unspecified atom stereocenters. The van der Waals surface area contributed by atoms with Crippen molar-refractivity contribution in [3.8, 4) is 0 Å². The minimum absolute atomic E-state index is 0. The van der Waals surface area contributed by atoms with E-state index >= 15 is 0 Å². The van der Waals surface area contributed by atoms with E-state index in [1.807, 2.05) is 0 Å². The fourth-order valence-electron chi connectivity index (χ4n) is 3.06. The third-order valence-electron chi connectivity index (χ3n) is 4.42. The smallest absolute Gasteiger partial charge is 0.193 e. The third kappa shape index (κ3) is 6.59. The number of nitrogens with one attached hydrogen (secondary N) is 1. The summed E-state index contributed by atoms with van der Waals surface area (Å²) < 4.78 is 5.28. The minimum Gasteiger partial charge on any atom is -0.384 e. The summed E-state index contributed by atoms with van der Waals surface area (Å²) in [4.78, 5) is 7.19. The maximum atomic E-state index is 5.28. The fraction of sp³-hybridized carbons (Fsp3) is 0.632. The Morgan fingerprint density at radius 2 is 1.96 bits per heavy atom. The molecule has 0 bridgehead atoms. The van der Waals surface area contributed by atoms with Gasteiger partial charge in [-0.2, -0.15) is 0 Å². The molecule has 1 saturated heterocycles. The largest absolute Gasteiger partial charge is 0.384 e. The molecule has 1 aliphatic rings. The molecule has 1 aliphatic heterocycles. The Bertz CT molecular complexity index is 490. The highest BCUT2D eigenvalue weighted by Gasteiger charge is 2.24. The lowest BCUT2D eigenvalue weighted by molar-refractivity contribution is 0.157. The predicted octanol–water partition coefficient (Wildman–Crippen LogP) is 3.34. The van der Waals surface area contributed by atoms with Gasteiger partial charge >= 0.3 is 0 Å². The lowest BCUT2D eigenvalue weighted by atomic mass is 10.1. The standard InChI is InChI=1S/C19H31N3O.HI/c1-4-16-6-8-17(9-7-16)10-12-21-19(20-5-2)22-13-11-18(14-22)15-23-3;/h6-9,18H,4-5,10-15H2,1-3H3,(H,20,21);1H. The van der Waals surface area contributed by atoms with Crippen LogP contribution in [0.15, 0.2) is 29.3 Å². The molecule has 1 aromatic rings. The Labute approximate surface area is 164 Å². The van der Waals surface area contributed by atoms with Crippen LogP contribution in [0.3, 0.4) is 0 Å². The maximum absolute atomic E-state index is 5.28. The fourth-order valence-corrected chi connectivity index (χ4v) is 3.06. The number of hydrogen-bond donors (Lipinski definition) is 1. The Balaban J connectivity index is 0.00000288. The van der Waals surface area contributed by atoms with Crippen LogP contribution in [0.25, 0.3) is 0 Å². The summed E-state index contributed by atoms with van der Waals surface area (Å²) in [5.41, 5.74) is 2.76. The molecule has 0 aliphatic carbocycles. The van der Waals surface area contributed by atoms with Crippen molar-refractivity contribution in [2.75, 3.05) is 39.9 Å². The summed E-state index contributed by atoms with van der Waals surface area (Å²) in [6.07, 6.45) is 3.28. The third-order valence-corrected chi connectivity index (χ3v) is 4.42. The second kappa shape index (κ2) is 11.7. The number of rotatable bonds is 7. The highest BCUT2D eigenvalue weighted by molar-refractivity contribution is 14.0. The lowest BCUT2D eigenvalue weighted by Gasteiger charge is -2.21. The SMILES string of the molecule is CCNC(=NCCc1ccc(CC)cc1)N1CCC(COC)C1.I. The number of guanidine groups is 1. The molecular weight excluding hydrogens is 413 g/mol. The van der Waals surface area contributed by atoms with Crippen LogP contribution in [0.1, 0.15) is 31.4 Å². The Hall–Kier alpha value is -0.820. The number of likely N-dealkylation sites (tertiary alicyclic amines) is 1. The first-order chi connectivity index (χ1) is 11.3. The summed E-state index contributed by atoms with van der Waals surface area (Å²) >= 11 is 0. The number of nitrogens with zero attached hydrogens (tertiary/aromatic N) is 2. The lowest BCUT2D eigenvalue weighted by Crippen LogP contribution is -2.40. The van der Waals surface area contributed by atoms with Crippen molar-refractivity contribution in [1.29, 1.82) is 0 Å². The Kier molecular flexibility index (Phi) is 10.3.